The van der Waals surface area contributed by atoms with E-state index in [4.69, 9.17) is 5.73 Å². The first-order chi connectivity index (χ1) is 15.6. The molecule has 0 bridgehead atoms. The van der Waals surface area contributed by atoms with Crippen molar-refractivity contribution >= 4 is 10.9 Å². The molecule has 1 aliphatic carbocycles. The van der Waals surface area contributed by atoms with Crippen LogP contribution in [-0.4, -0.2) is 41.0 Å². The van der Waals surface area contributed by atoms with Crippen LogP contribution in [0.4, 0.5) is 13.2 Å². The molecule has 33 heavy (non-hydrogen) atoms. The average molecular weight is 456 g/mol. The average Bonchev–Trinajstić information content (AvgIpc) is 3.20. The Bertz CT molecular complexity index is 1330. The van der Waals surface area contributed by atoms with Crippen molar-refractivity contribution in [3.8, 4) is 17.2 Å². The van der Waals surface area contributed by atoms with E-state index >= 15 is 0 Å². The van der Waals surface area contributed by atoms with E-state index in [9.17, 15) is 23.4 Å². The summed E-state index contributed by atoms with van der Waals surface area (Å²) >= 11 is 0. The van der Waals surface area contributed by atoms with E-state index in [-0.39, 0.29) is 17.6 Å². The largest absolute Gasteiger partial charge is 0.433 e. The Labute approximate surface area is 185 Å². The summed E-state index contributed by atoms with van der Waals surface area (Å²) < 4.78 is 40.5. The number of aliphatic hydroxyl groups excluding tert-OH is 1. The first-order valence-corrected chi connectivity index (χ1v) is 10.2. The van der Waals surface area contributed by atoms with E-state index in [1.54, 1.807) is 36.4 Å². The Morgan fingerprint density at radius 3 is 2.55 bits per heavy atom. The lowest BCUT2D eigenvalue weighted by atomic mass is 9.74. The highest BCUT2D eigenvalue weighted by molar-refractivity contribution is 5.84. The molecule has 4 N–H and O–H groups in total. The monoisotopic (exact) mass is 456 g/mol. The van der Waals surface area contributed by atoms with Gasteiger partial charge in [-0.1, -0.05) is 18.2 Å². The lowest BCUT2D eigenvalue weighted by Gasteiger charge is -2.41. The molecule has 8 nitrogen and oxygen atoms in total. The topological polar surface area (TPSA) is 123 Å². The third-order valence-electron chi connectivity index (χ3n) is 5.88. The lowest BCUT2D eigenvalue weighted by Crippen LogP contribution is -2.51. The molecule has 1 fully saturated rings. The van der Waals surface area contributed by atoms with Crippen LogP contribution in [0.3, 0.4) is 0 Å². The number of pyridine rings is 1. The lowest BCUT2D eigenvalue weighted by molar-refractivity contribution is -0.141. The van der Waals surface area contributed by atoms with Crippen molar-refractivity contribution in [2.75, 3.05) is 0 Å². The van der Waals surface area contributed by atoms with Crippen LogP contribution in [0.15, 0.2) is 54.9 Å². The maximum atomic E-state index is 13.1. The number of fused-ring (bicyclic) bond motifs is 1. The zero-order valence-corrected chi connectivity index (χ0v) is 17.1. The molecule has 1 aromatic carbocycles. The predicted molar refractivity (Wildman–Crippen MR) is 112 cm³/mol. The zero-order valence-electron chi connectivity index (χ0n) is 17.1. The maximum absolute atomic E-state index is 13.1. The number of rotatable bonds is 4. The van der Waals surface area contributed by atoms with Gasteiger partial charge in [-0.2, -0.15) is 23.0 Å². The highest BCUT2D eigenvalue weighted by Gasteiger charge is 2.44. The molecule has 1 saturated carbocycles. The number of nitrogens with zero attached hydrogens (tertiary/aromatic N) is 5. The molecule has 0 aliphatic heterocycles. The molecule has 11 heteroatoms. The van der Waals surface area contributed by atoms with Gasteiger partial charge in [-0.3, -0.25) is 5.73 Å². The second-order valence-corrected chi connectivity index (χ2v) is 8.13. The quantitative estimate of drug-likeness (QED) is 0.404. The number of nitrogens with two attached hydrogens (primary N) is 1. The van der Waals surface area contributed by atoms with Gasteiger partial charge in [-0.25, -0.2) is 15.0 Å². The fourth-order valence-electron chi connectivity index (χ4n) is 3.92. The number of aromatic nitrogens is 5. The van der Waals surface area contributed by atoms with E-state index < -0.39 is 23.7 Å². The Hall–Kier alpha value is -3.41. The number of benzene rings is 1. The van der Waals surface area contributed by atoms with Crippen LogP contribution in [0.2, 0.25) is 0 Å². The fraction of sp³-hybridized carbons (Fsp3) is 0.273. The first-order valence-electron chi connectivity index (χ1n) is 10.2. The highest BCUT2D eigenvalue weighted by Crippen LogP contribution is 2.39. The SMILES string of the molecule is N[C@](O)(c1cccc(-c2ccc3cnn(-c4nccc(C(F)(F)F)n4)c3c2)n1)C1CC(O)C1. The van der Waals surface area contributed by atoms with Crippen LogP contribution < -0.4 is 5.73 Å². The van der Waals surface area contributed by atoms with Gasteiger partial charge in [-0.15, -0.1) is 0 Å². The van der Waals surface area contributed by atoms with Crippen molar-refractivity contribution in [3.63, 3.8) is 0 Å². The van der Waals surface area contributed by atoms with Gasteiger partial charge >= 0.3 is 6.18 Å². The Morgan fingerprint density at radius 2 is 1.82 bits per heavy atom. The van der Waals surface area contributed by atoms with Gasteiger partial charge in [0.1, 0.15) is 5.69 Å². The van der Waals surface area contributed by atoms with E-state index in [1.165, 1.54) is 10.9 Å². The van der Waals surface area contributed by atoms with Gasteiger partial charge in [0, 0.05) is 23.1 Å². The number of aliphatic hydroxyl groups is 2. The second kappa shape index (κ2) is 7.58. The molecule has 0 saturated heterocycles. The summed E-state index contributed by atoms with van der Waals surface area (Å²) in [5.41, 5.74) is 5.29. The van der Waals surface area contributed by atoms with Gasteiger partial charge in [0.15, 0.2) is 5.72 Å². The van der Waals surface area contributed by atoms with Gasteiger partial charge in [0.05, 0.1) is 29.2 Å². The third kappa shape index (κ3) is 3.84. The molecule has 0 spiro atoms. The van der Waals surface area contributed by atoms with E-state index in [0.29, 0.717) is 35.0 Å². The minimum atomic E-state index is -4.61. The zero-order chi connectivity index (χ0) is 23.4. The molecule has 0 radical (unpaired) electrons. The molecule has 3 heterocycles. The predicted octanol–water partition coefficient (Wildman–Crippen LogP) is 2.77. The summed E-state index contributed by atoms with van der Waals surface area (Å²) in [6, 6.07) is 11.1. The van der Waals surface area contributed by atoms with Crippen LogP contribution in [0, 0.1) is 5.92 Å². The summed E-state index contributed by atoms with van der Waals surface area (Å²) in [7, 11) is 0. The van der Waals surface area contributed by atoms with Crippen molar-refractivity contribution < 1.29 is 23.4 Å². The molecule has 1 aliphatic rings. The van der Waals surface area contributed by atoms with Crippen molar-refractivity contribution in [3.05, 3.63) is 66.2 Å². The van der Waals surface area contributed by atoms with Crippen LogP contribution in [0.25, 0.3) is 28.1 Å². The summed E-state index contributed by atoms with van der Waals surface area (Å²) in [5.74, 6) is -0.518. The third-order valence-corrected chi connectivity index (χ3v) is 5.88. The fourth-order valence-corrected chi connectivity index (χ4v) is 3.92. The Balaban J connectivity index is 1.54. The van der Waals surface area contributed by atoms with Crippen molar-refractivity contribution in [2.45, 2.75) is 30.8 Å². The van der Waals surface area contributed by atoms with Gasteiger partial charge in [0.2, 0.25) is 0 Å². The minimum absolute atomic E-state index is 0.210. The molecule has 4 aromatic rings. The molecule has 1 atom stereocenters. The van der Waals surface area contributed by atoms with E-state index in [2.05, 4.69) is 20.1 Å². The standard InChI is InChI=1S/C22H19F3N6O2/c23-22(24,25)19-6-7-27-20(30-19)31-17-8-12(4-5-13(17)11-28-31)16-2-1-3-18(29-16)21(26,33)14-9-15(32)10-14/h1-8,11,14-15,32-33H,9-10,26H2/t14?,15?,21-/m1/s1. The number of halogens is 3. The molecule has 0 amide bonds. The number of hydrogen-bond donors (Lipinski definition) is 3. The second-order valence-electron chi connectivity index (χ2n) is 8.13. The van der Waals surface area contributed by atoms with Crippen LogP contribution in [0.5, 0.6) is 0 Å². The van der Waals surface area contributed by atoms with Crippen molar-refractivity contribution in [2.24, 2.45) is 11.7 Å². The number of hydrogen-bond acceptors (Lipinski definition) is 7. The number of alkyl halides is 3. The molecular formula is C22H19F3N6O2. The molecule has 5 rings (SSSR count). The minimum Gasteiger partial charge on any atom is -0.393 e. The summed E-state index contributed by atoms with van der Waals surface area (Å²) in [4.78, 5) is 12.1. The van der Waals surface area contributed by atoms with Crippen LogP contribution in [0.1, 0.15) is 24.2 Å². The van der Waals surface area contributed by atoms with E-state index in [1.807, 2.05) is 0 Å². The normalized spacial score (nSPS) is 20.4. The molecule has 3 aromatic heterocycles. The van der Waals surface area contributed by atoms with Crippen LogP contribution in [-0.2, 0) is 11.9 Å². The molecule has 170 valence electrons. The molecular weight excluding hydrogens is 437 g/mol. The Kier molecular flexibility index (Phi) is 4.92. The van der Waals surface area contributed by atoms with Gasteiger partial charge in [-0.05, 0) is 37.1 Å². The van der Waals surface area contributed by atoms with Crippen LogP contribution >= 0.6 is 0 Å². The maximum Gasteiger partial charge on any atom is 0.433 e. The van der Waals surface area contributed by atoms with E-state index in [0.717, 1.165) is 12.3 Å². The summed E-state index contributed by atoms with van der Waals surface area (Å²) in [5, 5.41) is 25.2. The van der Waals surface area contributed by atoms with Gasteiger partial charge < -0.3 is 10.2 Å². The summed E-state index contributed by atoms with van der Waals surface area (Å²) in [6.07, 6.45) is -1.76. The van der Waals surface area contributed by atoms with Gasteiger partial charge in [0.25, 0.3) is 5.95 Å². The first kappa shape index (κ1) is 21.4. The summed E-state index contributed by atoms with van der Waals surface area (Å²) in [6.45, 7) is 0. The highest BCUT2D eigenvalue weighted by atomic mass is 19.4. The smallest absolute Gasteiger partial charge is 0.393 e. The molecule has 0 unspecified atom stereocenters. The Morgan fingerprint density at radius 1 is 1.03 bits per heavy atom. The van der Waals surface area contributed by atoms with Crippen molar-refractivity contribution in [1.82, 2.24) is 24.7 Å². The van der Waals surface area contributed by atoms with Crippen molar-refractivity contribution in [1.29, 1.82) is 0 Å².